The molecule has 0 N–H and O–H groups in total. The van der Waals surface area contributed by atoms with E-state index in [0.29, 0.717) is 10.0 Å². The third-order valence-corrected chi connectivity index (χ3v) is 4.35. The van der Waals surface area contributed by atoms with Crippen molar-refractivity contribution in [3.8, 4) is 0 Å². The van der Waals surface area contributed by atoms with E-state index in [9.17, 15) is 9.18 Å². The molecule has 0 radical (unpaired) electrons. The van der Waals surface area contributed by atoms with Crippen LogP contribution in [0, 0.1) is 12.7 Å². The zero-order valence-corrected chi connectivity index (χ0v) is 12.7. The van der Waals surface area contributed by atoms with Gasteiger partial charge in [-0.3, -0.25) is 4.79 Å². The van der Waals surface area contributed by atoms with Gasteiger partial charge >= 0.3 is 0 Å². The van der Waals surface area contributed by atoms with E-state index >= 15 is 0 Å². The second-order valence-corrected chi connectivity index (χ2v) is 7.02. The van der Waals surface area contributed by atoms with Crippen molar-refractivity contribution in [2.45, 2.75) is 6.92 Å². The fraction of sp³-hybridized carbons (Fsp3) is 0.0833. The molecule has 0 saturated heterocycles. The highest BCUT2D eigenvalue weighted by Crippen LogP contribution is 2.29. The van der Waals surface area contributed by atoms with Gasteiger partial charge in [0.25, 0.3) is 0 Å². The average molecular weight is 378 g/mol. The summed E-state index contributed by atoms with van der Waals surface area (Å²) in [6, 6.07) is 6.17. The molecule has 0 fully saturated rings. The van der Waals surface area contributed by atoms with Gasteiger partial charge in [-0.1, -0.05) is 15.9 Å². The SMILES string of the molecule is Cc1sc(Br)cc1C(=O)c1ccc(Br)cc1F. The number of carbonyl (C=O) groups is 1. The molecule has 2 aromatic rings. The minimum absolute atomic E-state index is 0.0987. The lowest BCUT2D eigenvalue weighted by Crippen LogP contribution is -2.04. The Morgan fingerprint density at radius 1 is 1.24 bits per heavy atom. The van der Waals surface area contributed by atoms with Gasteiger partial charge in [0.15, 0.2) is 5.78 Å². The Bertz CT molecular complexity index is 592. The Morgan fingerprint density at radius 2 is 1.94 bits per heavy atom. The van der Waals surface area contributed by atoms with Crippen LogP contribution in [0.25, 0.3) is 0 Å². The van der Waals surface area contributed by atoms with E-state index in [-0.39, 0.29) is 11.3 Å². The van der Waals surface area contributed by atoms with E-state index in [4.69, 9.17) is 0 Å². The second kappa shape index (κ2) is 5.00. The molecule has 1 aromatic heterocycles. The first-order valence-corrected chi connectivity index (χ1v) is 7.15. The van der Waals surface area contributed by atoms with Crippen LogP contribution in [0.1, 0.15) is 20.8 Å². The minimum atomic E-state index is -0.508. The summed E-state index contributed by atoms with van der Waals surface area (Å²) in [6.07, 6.45) is 0. The lowest BCUT2D eigenvalue weighted by atomic mass is 10.0. The summed E-state index contributed by atoms with van der Waals surface area (Å²) in [5, 5.41) is 0. The van der Waals surface area contributed by atoms with E-state index < -0.39 is 5.82 Å². The lowest BCUT2D eigenvalue weighted by molar-refractivity contribution is 0.103. The molecule has 0 aliphatic rings. The van der Waals surface area contributed by atoms with E-state index in [1.807, 2.05) is 6.92 Å². The molecule has 0 saturated carbocycles. The highest BCUT2D eigenvalue weighted by atomic mass is 79.9. The Labute approximate surface area is 119 Å². The molecule has 0 atom stereocenters. The van der Waals surface area contributed by atoms with Crippen LogP contribution >= 0.6 is 43.2 Å². The van der Waals surface area contributed by atoms with Crippen LogP contribution in [0.4, 0.5) is 4.39 Å². The Hall–Kier alpha value is -0.520. The van der Waals surface area contributed by atoms with Crippen LogP contribution in [-0.4, -0.2) is 5.78 Å². The van der Waals surface area contributed by atoms with Gasteiger partial charge < -0.3 is 0 Å². The first-order chi connectivity index (χ1) is 7.99. The van der Waals surface area contributed by atoms with Crippen molar-refractivity contribution in [1.29, 1.82) is 0 Å². The zero-order valence-electron chi connectivity index (χ0n) is 8.76. The maximum atomic E-state index is 13.7. The molecule has 0 bridgehead atoms. The topological polar surface area (TPSA) is 17.1 Å². The summed E-state index contributed by atoms with van der Waals surface area (Å²) >= 11 is 7.95. The van der Waals surface area contributed by atoms with Crippen LogP contribution in [0.3, 0.4) is 0 Å². The van der Waals surface area contributed by atoms with Gasteiger partial charge in [0.05, 0.1) is 9.35 Å². The average Bonchev–Trinajstić information content (AvgIpc) is 2.57. The predicted octanol–water partition coefficient (Wildman–Crippen LogP) is 4.95. The molecular weight excluding hydrogens is 371 g/mol. The third kappa shape index (κ3) is 2.67. The van der Waals surface area contributed by atoms with Gasteiger partial charge in [-0.2, -0.15) is 0 Å². The van der Waals surface area contributed by atoms with Crippen LogP contribution in [0.5, 0.6) is 0 Å². The maximum absolute atomic E-state index is 13.7. The normalized spacial score (nSPS) is 10.6. The molecule has 0 spiro atoms. The summed E-state index contributed by atoms with van der Waals surface area (Å²) in [6.45, 7) is 1.85. The number of hydrogen-bond donors (Lipinski definition) is 0. The van der Waals surface area contributed by atoms with Crippen molar-refractivity contribution in [1.82, 2.24) is 0 Å². The first-order valence-electron chi connectivity index (χ1n) is 4.74. The quantitative estimate of drug-likeness (QED) is 0.676. The zero-order chi connectivity index (χ0) is 12.6. The van der Waals surface area contributed by atoms with Crippen molar-refractivity contribution in [2.24, 2.45) is 0 Å². The first kappa shape index (κ1) is 12.9. The summed E-state index contributed by atoms with van der Waals surface area (Å²) in [7, 11) is 0. The molecule has 17 heavy (non-hydrogen) atoms. The minimum Gasteiger partial charge on any atom is -0.288 e. The highest BCUT2D eigenvalue weighted by Gasteiger charge is 2.18. The van der Waals surface area contributed by atoms with E-state index in [0.717, 1.165) is 8.66 Å². The number of benzene rings is 1. The van der Waals surface area contributed by atoms with Gasteiger partial charge in [-0.05, 0) is 47.1 Å². The van der Waals surface area contributed by atoms with E-state index in [1.54, 1.807) is 12.1 Å². The fourth-order valence-electron chi connectivity index (χ4n) is 1.49. The molecular formula is C12H7Br2FOS. The van der Waals surface area contributed by atoms with Gasteiger partial charge in [0.1, 0.15) is 5.82 Å². The Balaban J connectivity index is 2.47. The molecule has 1 aromatic carbocycles. The van der Waals surface area contributed by atoms with Crippen molar-refractivity contribution in [3.05, 3.63) is 54.3 Å². The number of rotatable bonds is 2. The summed E-state index contributed by atoms with van der Waals surface area (Å²) in [5.41, 5.74) is 0.643. The number of aryl methyl sites for hydroxylation is 1. The summed E-state index contributed by atoms with van der Waals surface area (Å²) in [4.78, 5) is 13.0. The van der Waals surface area contributed by atoms with E-state index in [1.165, 1.54) is 23.5 Å². The molecule has 1 nitrogen and oxygen atoms in total. The van der Waals surface area contributed by atoms with Gasteiger partial charge in [0, 0.05) is 14.9 Å². The van der Waals surface area contributed by atoms with Crippen molar-refractivity contribution in [3.63, 3.8) is 0 Å². The number of carbonyl (C=O) groups excluding carboxylic acids is 1. The lowest BCUT2D eigenvalue weighted by Gasteiger charge is -2.02. The smallest absolute Gasteiger partial charge is 0.197 e. The van der Waals surface area contributed by atoms with Gasteiger partial charge in [-0.25, -0.2) is 4.39 Å². The van der Waals surface area contributed by atoms with Gasteiger partial charge in [-0.15, -0.1) is 11.3 Å². The predicted molar refractivity (Wildman–Crippen MR) is 74.3 cm³/mol. The molecule has 0 unspecified atom stereocenters. The monoisotopic (exact) mass is 376 g/mol. The standard InChI is InChI=1S/C12H7Br2FOS/c1-6-9(5-11(14)17-6)12(16)8-3-2-7(13)4-10(8)15/h2-5H,1H3. The molecule has 1 heterocycles. The molecule has 88 valence electrons. The number of hydrogen-bond acceptors (Lipinski definition) is 2. The van der Waals surface area contributed by atoms with Crippen molar-refractivity contribution < 1.29 is 9.18 Å². The number of thiophene rings is 1. The molecule has 0 amide bonds. The van der Waals surface area contributed by atoms with Gasteiger partial charge in [0.2, 0.25) is 0 Å². The molecule has 0 aliphatic carbocycles. The Morgan fingerprint density at radius 3 is 2.47 bits per heavy atom. The number of halogens is 3. The second-order valence-electron chi connectivity index (χ2n) is 3.47. The molecule has 0 aliphatic heterocycles. The fourth-order valence-corrected chi connectivity index (χ4v) is 3.51. The summed E-state index contributed by atoms with van der Waals surface area (Å²) < 4.78 is 15.2. The van der Waals surface area contributed by atoms with Crippen molar-refractivity contribution >= 4 is 49.0 Å². The van der Waals surface area contributed by atoms with Crippen LogP contribution in [0.2, 0.25) is 0 Å². The van der Waals surface area contributed by atoms with Crippen LogP contribution in [0.15, 0.2) is 32.5 Å². The summed E-state index contributed by atoms with van der Waals surface area (Å²) in [5.74, 6) is -0.791. The highest BCUT2D eigenvalue weighted by molar-refractivity contribution is 9.11. The third-order valence-electron chi connectivity index (χ3n) is 2.31. The van der Waals surface area contributed by atoms with E-state index in [2.05, 4.69) is 31.9 Å². The maximum Gasteiger partial charge on any atom is 0.197 e. The molecule has 5 heteroatoms. The number of ketones is 1. The largest absolute Gasteiger partial charge is 0.288 e. The van der Waals surface area contributed by atoms with Crippen molar-refractivity contribution in [2.75, 3.05) is 0 Å². The van der Waals surface area contributed by atoms with Crippen LogP contribution in [-0.2, 0) is 0 Å². The molecule has 2 rings (SSSR count). The Kier molecular flexibility index (Phi) is 3.80. The van der Waals surface area contributed by atoms with Crippen LogP contribution < -0.4 is 0 Å².